The van der Waals surface area contributed by atoms with Gasteiger partial charge in [-0.1, -0.05) is 0 Å². The number of amides is 1. The molecule has 1 rings (SSSR count). The summed E-state index contributed by atoms with van der Waals surface area (Å²) in [6, 6.07) is 0. The maximum Gasteiger partial charge on any atom is 0.413 e. The summed E-state index contributed by atoms with van der Waals surface area (Å²) < 4.78 is 5.07. The molecule has 0 aliphatic rings. The molecule has 6 nitrogen and oxygen atoms in total. The van der Waals surface area contributed by atoms with E-state index in [0.717, 1.165) is 4.88 Å². The average Bonchev–Trinajstić information content (AvgIpc) is 2.59. The number of aryl methyl sites for hydroxylation is 1. The first-order chi connectivity index (χ1) is 8.26. The second kappa shape index (κ2) is 5.81. The van der Waals surface area contributed by atoms with E-state index in [-0.39, 0.29) is 6.42 Å². The van der Waals surface area contributed by atoms with Crippen LogP contribution in [0.1, 0.15) is 32.1 Å². The lowest BCUT2D eigenvalue weighted by molar-refractivity contribution is -0.136. The highest BCUT2D eigenvalue weighted by molar-refractivity contribution is 7.15. The molecule has 0 aliphatic carbocycles. The fraction of sp³-hybridized carbons (Fsp3) is 0.545. The van der Waals surface area contributed by atoms with E-state index in [1.165, 1.54) is 11.3 Å². The molecule has 2 N–H and O–H groups in total. The highest BCUT2D eigenvalue weighted by Gasteiger charge is 2.17. The number of hydrogen-bond donors (Lipinski definition) is 2. The Hall–Kier alpha value is -1.63. The Bertz CT molecular complexity index is 436. The van der Waals surface area contributed by atoms with E-state index < -0.39 is 17.7 Å². The van der Waals surface area contributed by atoms with Crippen LogP contribution in [-0.4, -0.2) is 27.8 Å². The molecule has 0 unspecified atom stereocenters. The number of ether oxygens (including phenoxy) is 1. The predicted molar refractivity (Wildman–Crippen MR) is 67.9 cm³/mol. The number of nitrogens with one attached hydrogen (secondary N) is 1. The predicted octanol–water partition coefficient (Wildman–Crippen LogP) is 2.51. The zero-order valence-electron chi connectivity index (χ0n) is 10.5. The number of hydrogen-bond acceptors (Lipinski definition) is 5. The number of carbonyl (C=O) groups excluding carboxylic acids is 1. The zero-order valence-corrected chi connectivity index (χ0v) is 11.3. The maximum atomic E-state index is 11.4. The van der Waals surface area contributed by atoms with Gasteiger partial charge in [-0.15, -0.1) is 11.3 Å². The zero-order chi connectivity index (χ0) is 13.8. The van der Waals surface area contributed by atoms with Gasteiger partial charge in [0.2, 0.25) is 0 Å². The van der Waals surface area contributed by atoms with E-state index >= 15 is 0 Å². The largest absolute Gasteiger partial charge is 0.481 e. The van der Waals surface area contributed by atoms with Crippen molar-refractivity contribution in [1.82, 2.24) is 4.98 Å². The number of carboxylic acids is 1. The topological polar surface area (TPSA) is 88.5 Å². The molecular weight excluding hydrogens is 256 g/mol. The maximum absolute atomic E-state index is 11.4. The van der Waals surface area contributed by atoms with Gasteiger partial charge in [0.05, 0.1) is 6.42 Å². The molecule has 0 fully saturated rings. The minimum Gasteiger partial charge on any atom is -0.481 e. The Labute approximate surface area is 109 Å². The van der Waals surface area contributed by atoms with Crippen molar-refractivity contribution in [3.05, 3.63) is 11.1 Å². The van der Waals surface area contributed by atoms with Crippen molar-refractivity contribution >= 4 is 28.5 Å². The molecule has 0 spiro atoms. The number of carboxylic acid groups (broad SMARTS) is 1. The fourth-order valence-electron chi connectivity index (χ4n) is 1.10. The third kappa shape index (κ3) is 5.62. The SMILES string of the molecule is CC(C)(C)OC(=O)Nc1ncc(CCC(=O)O)s1. The van der Waals surface area contributed by atoms with Crippen molar-refractivity contribution in [2.45, 2.75) is 39.2 Å². The van der Waals surface area contributed by atoms with Crippen LogP contribution in [0.25, 0.3) is 0 Å². The molecule has 18 heavy (non-hydrogen) atoms. The van der Waals surface area contributed by atoms with Crippen molar-refractivity contribution in [2.24, 2.45) is 0 Å². The molecule has 1 aromatic heterocycles. The molecule has 1 aromatic rings. The Morgan fingerprint density at radius 2 is 2.17 bits per heavy atom. The number of nitrogens with zero attached hydrogens (tertiary/aromatic N) is 1. The van der Waals surface area contributed by atoms with Gasteiger partial charge in [-0.2, -0.15) is 0 Å². The number of aromatic nitrogens is 1. The molecule has 0 saturated carbocycles. The third-order valence-corrected chi connectivity index (χ3v) is 2.72. The molecule has 1 amide bonds. The number of aliphatic carboxylic acids is 1. The van der Waals surface area contributed by atoms with E-state index in [9.17, 15) is 9.59 Å². The summed E-state index contributed by atoms with van der Waals surface area (Å²) in [5, 5.41) is 11.5. The number of anilines is 1. The lowest BCUT2D eigenvalue weighted by Gasteiger charge is -2.18. The first kappa shape index (κ1) is 14.4. The van der Waals surface area contributed by atoms with Gasteiger partial charge < -0.3 is 9.84 Å². The van der Waals surface area contributed by atoms with Gasteiger partial charge >= 0.3 is 12.1 Å². The number of carbonyl (C=O) groups is 2. The summed E-state index contributed by atoms with van der Waals surface area (Å²) in [5.41, 5.74) is -0.562. The van der Waals surface area contributed by atoms with Crippen LogP contribution < -0.4 is 5.32 Å². The van der Waals surface area contributed by atoms with Crippen LogP contribution in [0, 0.1) is 0 Å². The third-order valence-electron chi connectivity index (χ3n) is 1.75. The van der Waals surface area contributed by atoms with Crippen LogP contribution >= 0.6 is 11.3 Å². The van der Waals surface area contributed by atoms with Gasteiger partial charge in [0.25, 0.3) is 0 Å². The van der Waals surface area contributed by atoms with Crippen LogP contribution in [0.4, 0.5) is 9.93 Å². The molecule has 0 aromatic carbocycles. The number of rotatable bonds is 4. The summed E-state index contributed by atoms with van der Waals surface area (Å²) in [5.74, 6) is -0.856. The second-order valence-corrected chi connectivity index (χ2v) is 5.77. The number of thiazole rings is 1. The summed E-state index contributed by atoms with van der Waals surface area (Å²) in [4.78, 5) is 26.6. The lowest BCUT2D eigenvalue weighted by Crippen LogP contribution is -2.27. The molecule has 0 atom stereocenters. The molecular formula is C11H16N2O4S. The van der Waals surface area contributed by atoms with Gasteiger partial charge in [-0.3, -0.25) is 10.1 Å². The Balaban J connectivity index is 2.48. The quantitative estimate of drug-likeness (QED) is 0.879. The minimum atomic E-state index is -0.856. The highest BCUT2D eigenvalue weighted by Crippen LogP contribution is 2.20. The van der Waals surface area contributed by atoms with Crippen LogP contribution in [-0.2, 0) is 16.0 Å². The van der Waals surface area contributed by atoms with E-state index in [4.69, 9.17) is 9.84 Å². The van der Waals surface area contributed by atoms with Gasteiger partial charge in [0.1, 0.15) is 5.60 Å². The Kier molecular flexibility index (Phi) is 4.66. The normalized spacial score (nSPS) is 11.1. The van der Waals surface area contributed by atoms with E-state index in [1.807, 2.05) is 0 Å². The van der Waals surface area contributed by atoms with Crippen LogP contribution in [0.15, 0.2) is 6.20 Å². The van der Waals surface area contributed by atoms with Crippen molar-refractivity contribution in [3.63, 3.8) is 0 Å². The van der Waals surface area contributed by atoms with Gasteiger partial charge in [0, 0.05) is 11.1 Å². The van der Waals surface area contributed by atoms with Crippen molar-refractivity contribution in [3.8, 4) is 0 Å². The molecule has 0 saturated heterocycles. The molecule has 100 valence electrons. The molecule has 0 radical (unpaired) electrons. The van der Waals surface area contributed by atoms with E-state index in [1.54, 1.807) is 27.0 Å². The van der Waals surface area contributed by atoms with Crippen LogP contribution in [0.5, 0.6) is 0 Å². The van der Waals surface area contributed by atoms with Crippen LogP contribution in [0.2, 0.25) is 0 Å². The molecule has 0 aliphatic heterocycles. The van der Waals surface area contributed by atoms with Crippen molar-refractivity contribution < 1.29 is 19.4 Å². The van der Waals surface area contributed by atoms with Crippen LogP contribution in [0.3, 0.4) is 0 Å². The standard InChI is InChI=1S/C11H16N2O4S/c1-11(2,3)17-10(16)13-9-12-6-7(18-9)4-5-8(14)15/h6H,4-5H2,1-3H3,(H,14,15)(H,12,13,16). The summed E-state index contributed by atoms with van der Waals surface area (Å²) in [6.45, 7) is 5.31. The molecule has 7 heteroatoms. The second-order valence-electron chi connectivity index (χ2n) is 4.65. The minimum absolute atomic E-state index is 0.0497. The Morgan fingerprint density at radius 3 is 2.72 bits per heavy atom. The van der Waals surface area contributed by atoms with Gasteiger partial charge in [-0.25, -0.2) is 9.78 Å². The molecule has 0 bridgehead atoms. The summed E-state index contributed by atoms with van der Waals surface area (Å²) in [7, 11) is 0. The first-order valence-electron chi connectivity index (χ1n) is 5.43. The average molecular weight is 272 g/mol. The van der Waals surface area contributed by atoms with Crippen molar-refractivity contribution in [2.75, 3.05) is 5.32 Å². The van der Waals surface area contributed by atoms with Gasteiger partial charge in [0.15, 0.2) is 5.13 Å². The van der Waals surface area contributed by atoms with Gasteiger partial charge in [-0.05, 0) is 27.2 Å². The summed E-state index contributed by atoms with van der Waals surface area (Å²) in [6.07, 6.45) is 1.44. The fourth-order valence-corrected chi connectivity index (χ4v) is 1.90. The van der Waals surface area contributed by atoms with E-state index in [2.05, 4.69) is 10.3 Å². The smallest absolute Gasteiger partial charge is 0.413 e. The summed E-state index contributed by atoms with van der Waals surface area (Å²) >= 11 is 1.24. The lowest BCUT2D eigenvalue weighted by atomic mass is 10.2. The highest BCUT2D eigenvalue weighted by atomic mass is 32.1. The Morgan fingerprint density at radius 1 is 1.50 bits per heavy atom. The first-order valence-corrected chi connectivity index (χ1v) is 6.24. The van der Waals surface area contributed by atoms with E-state index in [0.29, 0.717) is 11.6 Å². The monoisotopic (exact) mass is 272 g/mol. The molecule has 1 heterocycles. The van der Waals surface area contributed by atoms with Crippen molar-refractivity contribution in [1.29, 1.82) is 0 Å².